The molecule has 82 valence electrons. The maximum atomic E-state index is 4.08. The van der Waals surface area contributed by atoms with E-state index >= 15 is 0 Å². The van der Waals surface area contributed by atoms with E-state index in [2.05, 4.69) is 34.6 Å². The van der Waals surface area contributed by atoms with Crippen LogP contribution in [-0.2, 0) is 0 Å². The van der Waals surface area contributed by atoms with Crippen LogP contribution in [0.2, 0.25) is 0 Å². The molecule has 15 heavy (non-hydrogen) atoms. The SMILES string of the molecule is C[C@@H]1CN(Nc2cccnc2)C[C@H](C)N1. The molecule has 0 spiro atoms. The number of nitrogens with one attached hydrogen (secondary N) is 2. The van der Waals surface area contributed by atoms with Gasteiger partial charge in [-0.2, -0.15) is 0 Å². The highest BCUT2D eigenvalue weighted by molar-refractivity contribution is 5.38. The van der Waals surface area contributed by atoms with Crippen LogP contribution in [0.15, 0.2) is 24.5 Å². The molecule has 2 heterocycles. The average Bonchev–Trinajstić information content (AvgIpc) is 2.17. The molecule has 0 bridgehead atoms. The Morgan fingerprint density at radius 2 is 2.13 bits per heavy atom. The topological polar surface area (TPSA) is 40.2 Å². The van der Waals surface area contributed by atoms with E-state index in [9.17, 15) is 0 Å². The minimum absolute atomic E-state index is 0.526. The van der Waals surface area contributed by atoms with Crippen molar-refractivity contribution in [1.82, 2.24) is 15.3 Å². The van der Waals surface area contributed by atoms with Crippen molar-refractivity contribution in [1.29, 1.82) is 0 Å². The molecule has 4 heteroatoms. The molecule has 0 aromatic carbocycles. The lowest BCUT2D eigenvalue weighted by atomic mass is 10.2. The quantitative estimate of drug-likeness (QED) is 0.760. The van der Waals surface area contributed by atoms with Crippen LogP contribution in [0.3, 0.4) is 0 Å². The first-order valence-corrected chi connectivity index (χ1v) is 5.42. The zero-order chi connectivity index (χ0) is 10.7. The Labute approximate surface area is 90.7 Å². The summed E-state index contributed by atoms with van der Waals surface area (Å²) in [5.74, 6) is 0. The van der Waals surface area contributed by atoms with Crippen molar-refractivity contribution in [3.05, 3.63) is 24.5 Å². The first kappa shape index (κ1) is 10.4. The molecule has 1 aromatic rings. The fraction of sp³-hybridized carbons (Fsp3) is 0.545. The zero-order valence-electron chi connectivity index (χ0n) is 9.27. The second-order valence-corrected chi connectivity index (χ2v) is 4.23. The van der Waals surface area contributed by atoms with Gasteiger partial charge in [-0.05, 0) is 26.0 Å². The Morgan fingerprint density at radius 1 is 1.40 bits per heavy atom. The van der Waals surface area contributed by atoms with Crippen LogP contribution in [0.1, 0.15) is 13.8 Å². The number of nitrogens with zero attached hydrogens (tertiary/aromatic N) is 2. The Morgan fingerprint density at radius 3 is 2.73 bits per heavy atom. The second kappa shape index (κ2) is 4.59. The Balaban J connectivity index is 1.94. The summed E-state index contributed by atoms with van der Waals surface area (Å²) in [6.45, 7) is 6.43. The van der Waals surface area contributed by atoms with Gasteiger partial charge in [-0.15, -0.1) is 0 Å². The summed E-state index contributed by atoms with van der Waals surface area (Å²) in [5, 5.41) is 5.74. The van der Waals surface area contributed by atoms with Gasteiger partial charge in [0, 0.05) is 31.4 Å². The Kier molecular flexibility index (Phi) is 3.18. The minimum Gasteiger partial charge on any atom is -0.317 e. The molecule has 0 unspecified atom stereocenters. The van der Waals surface area contributed by atoms with Crippen LogP contribution in [-0.4, -0.2) is 35.2 Å². The van der Waals surface area contributed by atoms with Crippen LogP contribution in [0, 0.1) is 0 Å². The van der Waals surface area contributed by atoms with Crippen LogP contribution in [0.25, 0.3) is 0 Å². The third kappa shape index (κ3) is 2.91. The molecule has 0 amide bonds. The average molecular weight is 206 g/mol. The summed E-state index contributed by atoms with van der Waals surface area (Å²) in [6, 6.07) is 5.03. The molecule has 2 N–H and O–H groups in total. The number of hydrazine groups is 1. The van der Waals surface area contributed by atoms with Gasteiger partial charge in [0.15, 0.2) is 0 Å². The van der Waals surface area contributed by atoms with Crippen LogP contribution < -0.4 is 10.7 Å². The number of hydrogen-bond acceptors (Lipinski definition) is 4. The molecule has 1 aromatic heterocycles. The molecule has 1 saturated heterocycles. The van der Waals surface area contributed by atoms with E-state index < -0.39 is 0 Å². The van der Waals surface area contributed by atoms with E-state index in [4.69, 9.17) is 0 Å². The monoisotopic (exact) mass is 206 g/mol. The summed E-state index contributed by atoms with van der Waals surface area (Å²) < 4.78 is 0. The van der Waals surface area contributed by atoms with Crippen LogP contribution >= 0.6 is 0 Å². The van der Waals surface area contributed by atoms with Gasteiger partial charge in [-0.25, -0.2) is 5.01 Å². The predicted octanol–water partition coefficient (Wildman–Crippen LogP) is 1.09. The van der Waals surface area contributed by atoms with Gasteiger partial charge in [-0.1, -0.05) is 0 Å². The van der Waals surface area contributed by atoms with E-state index in [0.29, 0.717) is 12.1 Å². The van der Waals surface area contributed by atoms with E-state index in [1.165, 1.54) is 0 Å². The number of aromatic nitrogens is 1. The minimum atomic E-state index is 0.526. The molecule has 1 fully saturated rings. The van der Waals surface area contributed by atoms with Gasteiger partial charge in [-0.3, -0.25) is 4.98 Å². The van der Waals surface area contributed by atoms with E-state index in [1.807, 2.05) is 18.3 Å². The van der Waals surface area contributed by atoms with Crippen LogP contribution in [0.5, 0.6) is 0 Å². The highest BCUT2D eigenvalue weighted by atomic mass is 15.5. The lowest BCUT2D eigenvalue weighted by Crippen LogP contribution is -2.55. The molecule has 4 nitrogen and oxygen atoms in total. The van der Waals surface area contributed by atoms with Crippen molar-refractivity contribution in [2.24, 2.45) is 0 Å². The first-order chi connectivity index (χ1) is 7.24. The Bertz CT molecular complexity index is 291. The summed E-state index contributed by atoms with van der Waals surface area (Å²) in [5.41, 5.74) is 4.43. The van der Waals surface area contributed by atoms with Crippen molar-refractivity contribution < 1.29 is 0 Å². The van der Waals surface area contributed by atoms with Crippen molar-refractivity contribution in [3.8, 4) is 0 Å². The number of pyridine rings is 1. The standard InChI is InChI=1S/C11H18N4/c1-9-7-15(8-10(2)13-9)14-11-4-3-5-12-6-11/h3-6,9-10,13-14H,7-8H2,1-2H3/t9-,10+. The van der Waals surface area contributed by atoms with Gasteiger partial charge in [0.25, 0.3) is 0 Å². The van der Waals surface area contributed by atoms with Crippen molar-refractivity contribution in [3.63, 3.8) is 0 Å². The maximum Gasteiger partial charge on any atom is 0.0673 e. The molecule has 0 radical (unpaired) electrons. The third-order valence-electron chi connectivity index (χ3n) is 2.51. The largest absolute Gasteiger partial charge is 0.317 e. The van der Waals surface area contributed by atoms with Gasteiger partial charge in [0.1, 0.15) is 0 Å². The van der Waals surface area contributed by atoms with E-state index in [0.717, 1.165) is 18.8 Å². The van der Waals surface area contributed by atoms with Crippen molar-refractivity contribution in [2.75, 3.05) is 18.5 Å². The van der Waals surface area contributed by atoms with Crippen LogP contribution in [0.4, 0.5) is 5.69 Å². The van der Waals surface area contributed by atoms with E-state index in [-0.39, 0.29) is 0 Å². The molecule has 1 aliphatic heterocycles. The van der Waals surface area contributed by atoms with Gasteiger partial charge >= 0.3 is 0 Å². The predicted molar refractivity (Wildman–Crippen MR) is 61.5 cm³/mol. The Hall–Kier alpha value is -1.13. The summed E-state index contributed by atoms with van der Waals surface area (Å²) in [7, 11) is 0. The normalized spacial score (nSPS) is 27.6. The number of rotatable bonds is 2. The fourth-order valence-corrected chi connectivity index (χ4v) is 2.03. The number of piperazine rings is 1. The lowest BCUT2D eigenvalue weighted by molar-refractivity contribution is 0.205. The maximum absolute atomic E-state index is 4.08. The third-order valence-corrected chi connectivity index (χ3v) is 2.51. The molecule has 2 rings (SSSR count). The van der Waals surface area contributed by atoms with Gasteiger partial charge in [0.2, 0.25) is 0 Å². The molecular weight excluding hydrogens is 188 g/mol. The molecule has 2 atom stereocenters. The lowest BCUT2D eigenvalue weighted by Gasteiger charge is -2.36. The van der Waals surface area contributed by atoms with Gasteiger partial charge < -0.3 is 10.7 Å². The molecule has 0 saturated carbocycles. The summed E-state index contributed by atoms with van der Waals surface area (Å²) in [6.07, 6.45) is 3.63. The van der Waals surface area contributed by atoms with Crippen molar-refractivity contribution in [2.45, 2.75) is 25.9 Å². The number of hydrogen-bond donors (Lipinski definition) is 2. The second-order valence-electron chi connectivity index (χ2n) is 4.23. The van der Waals surface area contributed by atoms with Gasteiger partial charge in [0.05, 0.1) is 11.9 Å². The number of anilines is 1. The highest BCUT2D eigenvalue weighted by Crippen LogP contribution is 2.08. The zero-order valence-corrected chi connectivity index (χ0v) is 9.27. The fourth-order valence-electron chi connectivity index (χ4n) is 2.03. The molecular formula is C11H18N4. The molecule has 0 aliphatic carbocycles. The summed E-state index contributed by atoms with van der Waals surface area (Å²) >= 11 is 0. The highest BCUT2D eigenvalue weighted by Gasteiger charge is 2.20. The smallest absolute Gasteiger partial charge is 0.0673 e. The first-order valence-electron chi connectivity index (χ1n) is 5.42. The summed E-state index contributed by atoms with van der Waals surface area (Å²) in [4.78, 5) is 4.08. The molecule has 1 aliphatic rings. The van der Waals surface area contributed by atoms with E-state index in [1.54, 1.807) is 6.20 Å². The van der Waals surface area contributed by atoms with Crippen molar-refractivity contribution >= 4 is 5.69 Å².